The van der Waals surface area contributed by atoms with Gasteiger partial charge in [0.1, 0.15) is 12.1 Å². The molecular formula is C13H18N4O2. The third-order valence-corrected chi connectivity index (χ3v) is 3.11. The second-order valence-electron chi connectivity index (χ2n) is 4.29. The normalized spacial score (nSPS) is 12.4. The molecule has 0 radical (unpaired) electrons. The van der Waals surface area contributed by atoms with Gasteiger partial charge in [-0.1, -0.05) is 18.2 Å². The van der Waals surface area contributed by atoms with Crippen LogP contribution in [0.5, 0.6) is 5.75 Å². The lowest BCUT2D eigenvalue weighted by molar-refractivity contribution is 0.388. The average molecular weight is 262 g/mol. The molecule has 1 N–H and O–H groups in total. The van der Waals surface area contributed by atoms with E-state index in [2.05, 4.69) is 10.4 Å². The van der Waals surface area contributed by atoms with E-state index in [0.29, 0.717) is 6.54 Å². The Morgan fingerprint density at radius 3 is 2.74 bits per heavy atom. The maximum Gasteiger partial charge on any atom is 0.345 e. The van der Waals surface area contributed by atoms with E-state index >= 15 is 0 Å². The van der Waals surface area contributed by atoms with Crippen LogP contribution in [0.3, 0.4) is 0 Å². The number of rotatable bonds is 5. The van der Waals surface area contributed by atoms with E-state index < -0.39 is 0 Å². The fourth-order valence-electron chi connectivity index (χ4n) is 2.02. The summed E-state index contributed by atoms with van der Waals surface area (Å²) in [6.45, 7) is 0.455. The summed E-state index contributed by atoms with van der Waals surface area (Å²) in [5.41, 5.74) is 0.875. The highest BCUT2D eigenvalue weighted by Crippen LogP contribution is 2.25. The molecule has 0 fully saturated rings. The first kappa shape index (κ1) is 13.4. The molecule has 0 aliphatic heterocycles. The smallest absolute Gasteiger partial charge is 0.345 e. The van der Waals surface area contributed by atoms with E-state index in [1.807, 2.05) is 31.3 Å². The number of para-hydroxylation sites is 1. The molecule has 0 aliphatic carbocycles. The van der Waals surface area contributed by atoms with E-state index in [1.165, 1.54) is 15.6 Å². The lowest BCUT2D eigenvalue weighted by Crippen LogP contribution is -2.30. The van der Waals surface area contributed by atoms with Gasteiger partial charge in [0.25, 0.3) is 0 Å². The topological polar surface area (TPSA) is 61.1 Å². The zero-order chi connectivity index (χ0) is 13.8. The summed E-state index contributed by atoms with van der Waals surface area (Å²) in [7, 11) is 5.17. The minimum Gasteiger partial charge on any atom is -0.496 e. The number of hydrogen-bond donors (Lipinski definition) is 1. The third kappa shape index (κ3) is 2.68. The standard InChI is InChI=1S/C13H18N4O2/c1-14-11(8-17-13(18)16(2)9-15-17)10-6-4-5-7-12(10)19-3/h4-7,9,11,14H,8H2,1-3H3. The van der Waals surface area contributed by atoms with Crippen molar-refractivity contribution in [2.45, 2.75) is 12.6 Å². The van der Waals surface area contributed by atoms with Crippen molar-refractivity contribution in [3.63, 3.8) is 0 Å². The Kier molecular flexibility index (Phi) is 4.01. The van der Waals surface area contributed by atoms with E-state index in [1.54, 1.807) is 14.2 Å². The first-order valence-corrected chi connectivity index (χ1v) is 6.06. The Labute approximate surface area is 111 Å². The van der Waals surface area contributed by atoms with Crippen molar-refractivity contribution in [1.82, 2.24) is 19.7 Å². The lowest BCUT2D eigenvalue weighted by atomic mass is 10.1. The summed E-state index contributed by atoms with van der Waals surface area (Å²) in [4.78, 5) is 11.8. The molecule has 0 amide bonds. The van der Waals surface area contributed by atoms with Crippen LogP contribution in [0.15, 0.2) is 35.4 Å². The van der Waals surface area contributed by atoms with Gasteiger partial charge in [-0.3, -0.25) is 4.57 Å². The molecule has 1 aromatic heterocycles. The molecule has 2 aromatic rings. The fourth-order valence-corrected chi connectivity index (χ4v) is 2.02. The van der Waals surface area contributed by atoms with Crippen LogP contribution in [0.1, 0.15) is 11.6 Å². The largest absolute Gasteiger partial charge is 0.496 e. The molecule has 1 unspecified atom stereocenters. The van der Waals surface area contributed by atoms with Crippen LogP contribution in [-0.4, -0.2) is 28.5 Å². The van der Waals surface area contributed by atoms with Gasteiger partial charge in [0.15, 0.2) is 0 Å². The van der Waals surface area contributed by atoms with Crippen LogP contribution < -0.4 is 15.7 Å². The third-order valence-electron chi connectivity index (χ3n) is 3.11. The molecule has 6 heteroatoms. The maximum atomic E-state index is 11.8. The molecule has 102 valence electrons. The van der Waals surface area contributed by atoms with Crippen molar-refractivity contribution >= 4 is 0 Å². The predicted molar refractivity (Wildman–Crippen MR) is 72.3 cm³/mol. The number of ether oxygens (including phenoxy) is 1. The van der Waals surface area contributed by atoms with Crippen LogP contribution in [0.4, 0.5) is 0 Å². The van der Waals surface area contributed by atoms with Gasteiger partial charge in [-0.05, 0) is 13.1 Å². The fraction of sp³-hybridized carbons (Fsp3) is 0.385. The van der Waals surface area contributed by atoms with Crippen LogP contribution in [0, 0.1) is 0 Å². The summed E-state index contributed by atoms with van der Waals surface area (Å²) >= 11 is 0. The first-order valence-electron chi connectivity index (χ1n) is 6.06. The van der Waals surface area contributed by atoms with Gasteiger partial charge in [0, 0.05) is 12.6 Å². The number of methoxy groups -OCH3 is 1. The molecule has 1 heterocycles. The molecule has 2 rings (SSSR count). The van der Waals surface area contributed by atoms with Crippen molar-refractivity contribution in [1.29, 1.82) is 0 Å². The highest BCUT2D eigenvalue weighted by Gasteiger charge is 2.16. The van der Waals surface area contributed by atoms with Crippen molar-refractivity contribution in [3.8, 4) is 5.75 Å². The molecular weight excluding hydrogens is 244 g/mol. The Bertz CT molecular complexity index is 603. The van der Waals surface area contributed by atoms with E-state index in [9.17, 15) is 4.79 Å². The minimum atomic E-state index is -0.129. The monoisotopic (exact) mass is 262 g/mol. The molecule has 0 saturated heterocycles. The van der Waals surface area contributed by atoms with E-state index in [4.69, 9.17) is 4.74 Å². The van der Waals surface area contributed by atoms with Gasteiger partial charge in [-0.2, -0.15) is 5.10 Å². The highest BCUT2D eigenvalue weighted by molar-refractivity contribution is 5.35. The van der Waals surface area contributed by atoms with Gasteiger partial charge in [-0.25, -0.2) is 9.48 Å². The van der Waals surface area contributed by atoms with Gasteiger partial charge < -0.3 is 10.1 Å². The zero-order valence-corrected chi connectivity index (χ0v) is 11.3. The molecule has 0 bridgehead atoms. The van der Waals surface area contributed by atoms with Gasteiger partial charge in [0.2, 0.25) is 0 Å². The Morgan fingerprint density at radius 2 is 2.16 bits per heavy atom. The molecule has 0 saturated carbocycles. The molecule has 1 atom stereocenters. The molecule has 19 heavy (non-hydrogen) atoms. The number of nitrogens with zero attached hydrogens (tertiary/aromatic N) is 3. The Morgan fingerprint density at radius 1 is 1.42 bits per heavy atom. The highest BCUT2D eigenvalue weighted by atomic mass is 16.5. The second-order valence-corrected chi connectivity index (χ2v) is 4.29. The van der Waals surface area contributed by atoms with Gasteiger partial charge in [-0.15, -0.1) is 0 Å². The van der Waals surface area contributed by atoms with Crippen LogP contribution in [0.25, 0.3) is 0 Å². The minimum absolute atomic E-state index is 0.0382. The number of benzene rings is 1. The summed E-state index contributed by atoms with van der Waals surface area (Å²) in [5.74, 6) is 0.797. The number of nitrogens with one attached hydrogen (secondary N) is 1. The van der Waals surface area contributed by atoms with Crippen LogP contribution in [-0.2, 0) is 13.6 Å². The summed E-state index contributed by atoms with van der Waals surface area (Å²) in [6.07, 6.45) is 1.51. The summed E-state index contributed by atoms with van der Waals surface area (Å²) < 4.78 is 8.24. The predicted octanol–water partition coefficient (Wildman–Crippen LogP) is 0.551. The molecule has 1 aromatic carbocycles. The van der Waals surface area contributed by atoms with Gasteiger partial charge >= 0.3 is 5.69 Å². The quantitative estimate of drug-likeness (QED) is 0.855. The second kappa shape index (κ2) is 5.71. The number of hydrogen-bond acceptors (Lipinski definition) is 4. The number of aromatic nitrogens is 3. The van der Waals surface area contributed by atoms with Crippen molar-refractivity contribution in [2.75, 3.05) is 14.2 Å². The number of likely N-dealkylation sites (N-methyl/N-ethyl adjacent to an activating group) is 1. The average Bonchev–Trinajstić information content (AvgIpc) is 2.76. The SMILES string of the molecule is CNC(Cn1ncn(C)c1=O)c1ccccc1OC. The van der Waals surface area contributed by atoms with Crippen molar-refractivity contribution < 1.29 is 4.74 Å². The molecule has 0 spiro atoms. The van der Waals surface area contributed by atoms with Crippen LogP contribution in [0.2, 0.25) is 0 Å². The Balaban J connectivity index is 2.30. The number of aryl methyl sites for hydroxylation is 1. The zero-order valence-electron chi connectivity index (χ0n) is 11.3. The van der Waals surface area contributed by atoms with Crippen molar-refractivity contribution in [3.05, 3.63) is 46.6 Å². The van der Waals surface area contributed by atoms with E-state index in [0.717, 1.165) is 11.3 Å². The lowest BCUT2D eigenvalue weighted by Gasteiger charge is -2.18. The van der Waals surface area contributed by atoms with Crippen LogP contribution >= 0.6 is 0 Å². The van der Waals surface area contributed by atoms with Gasteiger partial charge in [0.05, 0.1) is 19.7 Å². The molecule has 6 nitrogen and oxygen atoms in total. The Hall–Kier alpha value is -2.08. The summed E-state index contributed by atoms with van der Waals surface area (Å²) in [6, 6.07) is 7.71. The first-order chi connectivity index (χ1) is 9.17. The maximum absolute atomic E-state index is 11.8. The van der Waals surface area contributed by atoms with E-state index in [-0.39, 0.29) is 11.7 Å². The summed E-state index contributed by atoms with van der Waals surface area (Å²) in [5, 5.41) is 7.26. The molecule has 0 aliphatic rings. The van der Waals surface area contributed by atoms with Crippen molar-refractivity contribution in [2.24, 2.45) is 7.05 Å².